The highest BCUT2D eigenvalue weighted by Gasteiger charge is 2.11. The summed E-state index contributed by atoms with van der Waals surface area (Å²) in [5.41, 5.74) is 1.42. The third kappa shape index (κ3) is 2.21. The Morgan fingerprint density at radius 3 is 2.60 bits per heavy atom. The van der Waals surface area contributed by atoms with Crippen molar-refractivity contribution in [3.05, 3.63) is 35.2 Å². The smallest absolute Gasteiger partial charge is 0.0346 e. The fourth-order valence-electron chi connectivity index (χ4n) is 1.92. The van der Waals surface area contributed by atoms with Crippen LogP contribution in [0, 0.1) is 0 Å². The third-order valence-corrected chi connectivity index (χ3v) is 3.54. The van der Waals surface area contributed by atoms with Crippen molar-refractivity contribution in [3.63, 3.8) is 0 Å². The van der Waals surface area contributed by atoms with Gasteiger partial charge in [0, 0.05) is 16.8 Å². The summed E-state index contributed by atoms with van der Waals surface area (Å²) in [5.74, 6) is 0. The summed E-state index contributed by atoms with van der Waals surface area (Å²) in [6, 6.07) is 9.56. The first-order valence-electron chi connectivity index (χ1n) is 5.40. The molecule has 15 heavy (non-hydrogen) atoms. The van der Waals surface area contributed by atoms with Crippen LogP contribution in [0.1, 0.15) is 32.4 Å². The van der Waals surface area contributed by atoms with Crippen molar-refractivity contribution in [3.8, 4) is 0 Å². The van der Waals surface area contributed by atoms with E-state index in [0.717, 1.165) is 0 Å². The van der Waals surface area contributed by atoms with E-state index in [-0.39, 0.29) is 0 Å². The molecule has 0 aliphatic carbocycles. The second-order valence-electron chi connectivity index (χ2n) is 4.23. The van der Waals surface area contributed by atoms with Crippen LogP contribution in [0.2, 0.25) is 0 Å². The van der Waals surface area contributed by atoms with Gasteiger partial charge in [0.15, 0.2) is 0 Å². The van der Waals surface area contributed by atoms with E-state index in [9.17, 15) is 0 Å². The van der Waals surface area contributed by atoms with E-state index in [1.54, 1.807) is 0 Å². The van der Waals surface area contributed by atoms with E-state index < -0.39 is 0 Å². The van der Waals surface area contributed by atoms with E-state index >= 15 is 0 Å². The lowest BCUT2D eigenvalue weighted by Crippen LogP contribution is -2.25. The van der Waals surface area contributed by atoms with Crippen molar-refractivity contribution < 1.29 is 0 Å². The zero-order valence-electron chi connectivity index (χ0n) is 9.45. The first-order chi connectivity index (χ1) is 7.18. The van der Waals surface area contributed by atoms with Gasteiger partial charge >= 0.3 is 0 Å². The molecule has 0 spiro atoms. The predicted octanol–water partition coefficient (Wildman–Crippen LogP) is 3.96. The Labute approximate surface area is 95.1 Å². The lowest BCUT2D eigenvalue weighted by molar-refractivity contribution is 0.509. The van der Waals surface area contributed by atoms with Crippen LogP contribution in [0.4, 0.5) is 0 Å². The Kier molecular flexibility index (Phi) is 3.08. The Bertz CT molecular complexity index is 444. The van der Waals surface area contributed by atoms with Crippen LogP contribution in [-0.2, 0) is 0 Å². The largest absolute Gasteiger partial charge is 0.308 e. The lowest BCUT2D eigenvalue weighted by Gasteiger charge is -2.16. The highest BCUT2D eigenvalue weighted by Crippen LogP contribution is 2.30. The maximum Gasteiger partial charge on any atom is 0.0346 e. The number of nitrogens with one attached hydrogen (secondary N) is 1. The molecule has 0 aliphatic heterocycles. The van der Waals surface area contributed by atoms with Crippen LogP contribution >= 0.6 is 11.3 Å². The van der Waals surface area contributed by atoms with E-state index in [1.807, 2.05) is 11.3 Å². The summed E-state index contributed by atoms with van der Waals surface area (Å²) >= 11 is 1.83. The number of hydrogen-bond acceptors (Lipinski definition) is 2. The van der Waals surface area contributed by atoms with Gasteiger partial charge in [0.25, 0.3) is 0 Å². The van der Waals surface area contributed by atoms with Crippen LogP contribution in [0.5, 0.6) is 0 Å². The van der Waals surface area contributed by atoms with Crippen molar-refractivity contribution in [1.82, 2.24) is 5.32 Å². The van der Waals surface area contributed by atoms with Crippen molar-refractivity contribution >= 4 is 21.4 Å². The van der Waals surface area contributed by atoms with Gasteiger partial charge in [-0.1, -0.05) is 32.0 Å². The van der Waals surface area contributed by atoms with Crippen LogP contribution in [0.25, 0.3) is 10.1 Å². The molecule has 0 saturated carbocycles. The standard InChI is InChI=1S/C13H17NS/c1-9(2)14-10(3)12-8-15-13-7-5-4-6-11(12)13/h4-10,14H,1-3H3. The fourth-order valence-corrected chi connectivity index (χ4v) is 2.98. The minimum Gasteiger partial charge on any atom is -0.308 e. The van der Waals surface area contributed by atoms with Gasteiger partial charge in [0.2, 0.25) is 0 Å². The first kappa shape index (κ1) is 10.7. The molecule has 0 amide bonds. The number of hydrogen-bond donors (Lipinski definition) is 1. The van der Waals surface area contributed by atoms with Crippen LogP contribution in [-0.4, -0.2) is 6.04 Å². The molecule has 1 heterocycles. The number of rotatable bonds is 3. The summed E-state index contributed by atoms with van der Waals surface area (Å²) in [6.45, 7) is 6.60. The second kappa shape index (κ2) is 4.33. The Balaban J connectivity index is 2.35. The van der Waals surface area contributed by atoms with E-state index in [4.69, 9.17) is 0 Å². The highest BCUT2D eigenvalue weighted by atomic mass is 32.1. The summed E-state index contributed by atoms with van der Waals surface area (Å²) in [4.78, 5) is 0. The molecule has 0 aliphatic rings. The molecule has 0 saturated heterocycles. The van der Waals surface area contributed by atoms with Crippen molar-refractivity contribution in [2.24, 2.45) is 0 Å². The van der Waals surface area contributed by atoms with Gasteiger partial charge < -0.3 is 5.32 Å². The lowest BCUT2D eigenvalue weighted by atomic mass is 10.1. The average Bonchev–Trinajstić information content (AvgIpc) is 2.59. The molecule has 2 aromatic rings. The normalized spacial score (nSPS) is 13.6. The molecule has 1 atom stereocenters. The van der Waals surface area contributed by atoms with Gasteiger partial charge in [-0.15, -0.1) is 11.3 Å². The topological polar surface area (TPSA) is 12.0 Å². The Hall–Kier alpha value is -0.860. The van der Waals surface area contributed by atoms with Gasteiger partial charge in [0.05, 0.1) is 0 Å². The fraction of sp³-hybridized carbons (Fsp3) is 0.385. The molecular weight excluding hydrogens is 202 g/mol. The maximum absolute atomic E-state index is 3.54. The molecule has 0 bridgehead atoms. The molecule has 1 unspecified atom stereocenters. The van der Waals surface area contributed by atoms with Gasteiger partial charge in [-0.3, -0.25) is 0 Å². The quantitative estimate of drug-likeness (QED) is 0.824. The molecule has 1 N–H and O–H groups in total. The molecular formula is C13H17NS. The summed E-state index contributed by atoms with van der Waals surface area (Å²) < 4.78 is 1.38. The minimum absolute atomic E-state index is 0.432. The molecule has 0 radical (unpaired) electrons. The number of thiophene rings is 1. The molecule has 0 fully saturated rings. The molecule has 1 nitrogen and oxygen atoms in total. The van der Waals surface area contributed by atoms with Crippen molar-refractivity contribution in [1.29, 1.82) is 0 Å². The molecule has 2 rings (SSSR count). The van der Waals surface area contributed by atoms with Crippen LogP contribution in [0.15, 0.2) is 29.6 Å². The van der Waals surface area contributed by atoms with E-state index in [1.165, 1.54) is 15.6 Å². The second-order valence-corrected chi connectivity index (χ2v) is 5.14. The van der Waals surface area contributed by atoms with Crippen molar-refractivity contribution in [2.45, 2.75) is 32.9 Å². The minimum atomic E-state index is 0.432. The Morgan fingerprint density at radius 1 is 1.13 bits per heavy atom. The van der Waals surface area contributed by atoms with Gasteiger partial charge in [-0.25, -0.2) is 0 Å². The summed E-state index contributed by atoms with van der Waals surface area (Å²) in [6.07, 6.45) is 0. The van der Waals surface area contributed by atoms with E-state index in [2.05, 4.69) is 55.7 Å². The van der Waals surface area contributed by atoms with Crippen molar-refractivity contribution in [2.75, 3.05) is 0 Å². The van der Waals surface area contributed by atoms with Crippen LogP contribution < -0.4 is 5.32 Å². The monoisotopic (exact) mass is 219 g/mol. The number of fused-ring (bicyclic) bond motifs is 1. The zero-order valence-corrected chi connectivity index (χ0v) is 10.3. The molecule has 2 heteroatoms. The maximum atomic E-state index is 3.54. The third-order valence-electron chi connectivity index (χ3n) is 2.56. The average molecular weight is 219 g/mol. The predicted molar refractivity (Wildman–Crippen MR) is 68.5 cm³/mol. The number of benzene rings is 1. The molecule has 80 valence electrons. The van der Waals surface area contributed by atoms with Gasteiger partial charge in [-0.2, -0.15) is 0 Å². The highest BCUT2D eigenvalue weighted by molar-refractivity contribution is 7.17. The van der Waals surface area contributed by atoms with Gasteiger partial charge in [-0.05, 0) is 29.3 Å². The Morgan fingerprint density at radius 2 is 1.87 bits per heavy atom. The first-order valence-corrected chi connectivity index (χ1v) is 6.28. The summed E-state index contributed by atoms with van der Waals surface area (Å²) in [5, 5.41) is 7.20. The van der Waals surface area contributed by atoms with E-state index in [0.29, 0.717) is 12.1 Å². The SMILES string of the molecule is CC(C)NC(C)c1csc2ccccc12. The van der Waals surface area contributed by atoms with Crippen LogP contribution in [0.3, 0.4) is 0 Å². The molecule has 1 aromatic carbocycles. The zero-order chi connectivity index (χ0) is 10.8. The van der Waals surface area contributed by atoms with Gasteiger partial charge in [0.1, 0.15) is 0 Å². The summed E-state index contributed by atoms with van der Waals surface area (Å²) in [7, 11) is 0. The molecule has 1 aromatic heterocycles.